The highest BCUT2D eigenvalue weighted by Gasteiger charge is 2.14. The summed E-state index contributed by atoms with van der Waals surface area (Å²) in [5, 5.41) is 0. The van der Waals surface area contributed by atoms with Crippen molar-refractivity contribution in [3.63, 3.8) is 0 Å². The summed E-state index contributed by atoms with van der Waals surface area (Å²) < 4.78 is 18.8. The fourth-order valence-electron chi connectivity index (χ4n) is 1.02. The Hall–Kier alpha value is -0.870. The van der Waals surface area contributed by atoms with E-state index in [1.165, 1.54) is 0 Å². The van der Waals surface area contributed by atoms with Gasteiger partial charge < -0.3 is 4.18 Å². The van der Waals surface area contributed by atoms with Crippen molar-refractivity contribution in [2.45, 2.75) is 13.8 Å². The minimum atomic E-state index is -1.39. The summed E-state index contributed by atoms with van der Waals surface area (Å²) in [6.07, 6.45) is 7.55. The van der Waals surface area contributed by atoms with E-state index >= 15 is 0 Å². The molecule has 0 aromatic heterocycles. The maximum absolute atomic E-state index is 11.0. The summed E-state index contributed by atoms with van der Waals surface area (Å²) in [7, 11) is 0. The summed E-state index contributed by atoms with van der Waals surface area (Å²) >= 11 is -1.39. The first-order valence-electron chi connectivity index (χ1n) is 4.10. The van der Waals surface area contributed by atoms with Crippen molar-refractivity contribution in [2.24, 2.45) is 0 Å². The Morgan fingerprint density at radius 2 is 2.08 bits per heavy atom. The van der Waals surface area contributed by atoms with Gasteiger partial charge in [0.15, 0.2) is 0 Å². The largest absolute Gasteiger partial charge is 0.389 e. The van der Waals surface area contributed by atoms with Gasteiger partial charge in [0.2, 0.25) is 0 Å². The molecule has 0 aromatic rings. The number of hydrogen-bond acceptors (Lipinski definition) is 2. The molecule has 0 aliphatic carbocycles. The van der Waals surface area contributed by atoms with Gasteiger partial charge in [-0.1, -0.05) is 18.2 Å². The highest BCUT2D eigenvalue weighted by molar-refractivity contribution is 7.78. The van der Waals surface area contributed by atoms with Crippen LogP contribution in [0.15, 0.2) is 35.6 Å². The topological polar surface area (TPSA) is 38.3 Å². The van der Waals surface area contributed by atoms with E-state index < -0.39 is 11.3 Å². The van der Waals surface area contributed by atoms with Crippen LogP contribution >= 0.6 is 0 Å². The molecule has 72 valence electrons. The number of rotatable bonds is 2. The maximum atomic E-state index is 11.0. The van der Waals surface area contributed by atoms with Crippen LogP contribution in [0.2, 0.25) is 0 Å². The third-order valence-corrected chi connectivity index (χ3v) is 2.26. The second kappa shape index (κ2) is 4.99. The second-order valence-electron chi connectivity index (χ2n) is 2.53. The van der Waals surface area contributed by atoms with Crippen LogP contribution in [0, 0.1) is 0 Å². The minimum absolute atomic E-state index is 0.580. The molecule has 0 saturated carbocycles. The molecule has 1 unspecified atom stereocenters. The third kappa shape index (κ3) is 2.82. The molecular formula is C9H13NO2S. The molecule has 13 heavy (non-hydrogen) atoms. The normalized spacial score (nSPS) is 24.3. The Kier molecular flexibility index (Phi) is 3.92. The zero-order valence-corrected chi connectivity index (χ0v) is 8.56. The molecule has 1 rings (SSSR count). The molecule has 1 aliphatic rings. The van der Waals surface area contributed by atoms with Gasteiger partial charge in [-0.25, -0.2) is 0 Å². The van der Waals surface area contributed by atoms with Crippen LogP contribution in [0.1, 0.15) is 13.8 Å². The van der Waals surface area contributed by atoms with Gasteiger partial charge in [-0.05, 0) is 19.9 Å². The Morgan fingerprint density at radius 3 is 2.69 bits per heavy atom. The minimum Gasteiger partial charge on any atom is -0.389 e. The summed E-state index contributed by atoms with van der Waals surface area (Å²) in [5.74, 6) is 0.678. The molecule has 1 heterocycles. The molecule has 1 atom stereocenters. The van der Waals surface area contributed by atoms with Gasteiger partial charge in [-0.15, -0.1) is 0 Å². The molecule has 1 aliphatic heterocycles. The molecule has 0 spiro atoms. The zero-order chi connectivity index (χ0) is 9.68. The van der Waals surface area contributed by atoms with Crippen LogP contribution in [0.4, 0.5) is 0 Å². The molecule has 4 heteroatoms. The third-order valence-electron chi connectivity index (χ3n) is 1.55. The Bertz CT molecular complexity index is 292. The van der Waals surface area contributed by atoms with Gasteiger partial charge in [0.1, 0.15) is 5.76 Å². The molecule has 0 radical (unpaired) electrons. The standard InChI is InChI=1S/C9H13NO2S/c1-3-5-8-7-10-13(11)12-9(8)6-4-2/h3-6,10H,7H2,1-2H3/b5-3-,6-4-. The predicted octanol–water partition coefficient (Wildman–Crippen LogP) is 1.59. The van der Waals surface area contributed by atoms with Crippen molar-refractivity contribution in [1.29, 1.82) is 0 Å². The average Bonchev–Trinajstić information content (AvgIpc) is 2.10. The van der Waals surface area contributed by atoms with Gasteiger partial charge in [0.25, 0.3) is 11.3 Å². The lowest BCUT2D eigenvalue weighted by molar-refractivity contribution is 0.446. The van der Waals surface area contributed by atoms with Gasteiger partial charge in [-0.2, -0.15) is 8.93 Å². The van der Waals surface area contributed by atoms with Crippen molar-refractivity contribution in [3.8, 4) is 0 Å². The first kappa shape index (κ1) is 10.2. The number of nitrogens with one attached hydrogen (secondary N) is 1. The van der Waals surface area contributed by atoms with Crippen LogP contribution in [0.3, 0.4) is 0 Å². The van der Waals surface area contributed by atoms with Crippen LogP contribution in [-0.4, -0.2) is 10.8 Å². The molecule has 0 fully saturated rings. The lowest BCUT2D eigenvalue weighted by Gasteiger charge is -2.16. The van der Waals surface area contributed by atoms with Crippen molar-refractivity contribution >= 4 is 11.3 Å². The van der Waals surface area contributed by atoms with Crippen molar-refractivity contribution in [2.75, 3.05) is 6.54 Å². The van der Waals surface area contributed by atoms with E-state index in [1.807, 2.05) is 38.2 Å². The predicted molar refractivity (Wildman–Crippen MR) is 53.9 cm³/mol. The maximum Gasteiger partial charge on any atom is 0.288 e. The van der Waals surface area contributed by atoms with E-state index in [2.05, 4.69) is 4.72 Å². The van der Waals surface area contributed by atoms with E-state index in [4.69, 9.17) is 4.18 Å². The smallest absolute Gasteiger partial charge is 0.288 e. The first-order valence-corrected chi connectivity index (χ1v) is 5.17. The van der Waals surface area contributed by atoms with E-state index in [0.717, 1.165) is 5.57 Å². The average molecular weight is 199 g/mol. The molecule has 1 N–H and O–H groups in total. The van der Waals surface area contributed by atoms with E-state index in [0.29, 0.717) is 12.3 Å². The Balaban J connectivity index is 2.92. The zero-order valence-electron chi connectivity index (χ0n) is 7.74. The lowest BCUT2D eigenvalue weighted by atomic mass is 10.2. The fourth-order valence-corrected chi connectivity index (χ4v) is 1.67. The quantitative estimate of drug-likeness (QED) is 0.733. The summed E-state index contributed by atoms with van der Waals surface area (Å²) in [5.41, 5.74) is 1.01. The highest BCUT2D eigenvalue weighted by Crippen LogP contribution is 2.14. The van der Waals surface area contributed by atoms with Crippen molar-refractivity contribution in [3.05, 3.63) is 35.6 Å². The highest BCUT2D eigenvalue weighted by atomic mass is 32.2. The monoisotopic (exact) mass is 199 g/mol. The fraction of sp³-hybridized carbons (Fsp3) is 0.333. The number of allylic oxidation sites excluding steroid dienone is 3. The molecule has 0 amide bonds. The first-order chi connectivity index (χ1) is 6.27. The molecule has 0 saturated heterocycles. The van der Waals surface area contributed by atoms with Gasteiger partial charge in [-0.3, -0.25) is 0 Å². The number of hydrogen-bond donors (Lipinski definition) is 1. The summed E-state index contributed by atoms with van der Waals surface area (Å²) in [6.45, 7) is 4.41. The summed E-state index contributed by atoms with van der Waals surface area (Å²) in [4.78, 5) is 0. The van der Waals surface area contributed by atoms with Crippen LogP contribution in [-0.2, 0) is 15.4 Å². The molecular weight excluding hydrogens is 186 g/mol. The van der Waals surface area contributed by atoms with Gasteiger partial charge >= 0.3 is 0 Å². The van der Waals surface area contributed by atoms with Crippen LogP contribution in [0.25, 0.3) is 0 Å². The molecule has 0 aromatic carbocycles. The van der Waals surface area contributed by atoms with Crippen molar-refractivity contribution in [1.82, 2.24) is 4.72 Å². The Labute approximate surface area is 81.0 Å². The van der Waals surface area contributed by atoms with Gasteiger partial charge in [0.05, 0.1) is 0 Å². The van der Waals surface area contributed by atoms with E-state index in [1.54, 1.807) is 0 Å². The summed E-state index contributed by atoms with van der Waals surface area (Å²) in [6, 6.07) is 0. The van der Waals surface area contributed by atoms with Crippen LogP contribution < -0.4 is 4.72 Å². The Morgan fingerprint density at radius 1 is 1.38 bits per heavy atom. The lowest BCUT2D eigenvalue weighted by Crippen LogP contribution is -2.27. The van der Waals surface area contributed by atoms with E-state index in [9.17, 15) is 4.21 Å². The molecule has 3 nitrogen and oxygen atoms in total. The second-order valence-corrected chi connectivity index (χ2v) is 3.45. The van der Waals surface area contributed by atoms with Crippen LogP contribution in [0.5, 0.6) is 0 Å². The van der Waals surface area contributed by atoms with Crippen molar-refractivity contribution < 1.29 is 8.39 Å². The van der Waals surface area contributed by atoms with E-state index in [-0.39, 0.29) is 0 Å². The van der Waals surface area contributed by atoms with Gasteiger partial charge in [0, 0.05) is 12.1 Å². The molecule has 0 bridgehead atoms. The SMILES string of the molecule is C/C=C\C1=C(/C=C\C)OS(=O)NC1.